The second-order valence-corrected chi connectivity index (χ2v) is 7.49. The maximum Gasteiger partial charge on any atom is 0.244 e. The quantitative estimate of drug-likeness (QED) is 0.857. The van der Waals surface area contributed by atoms with Gasteiger partial charge in [0.25, 0.3) is 0 Å². The van der Waals surface area contributed by atoms with Crippen molar-refractivity contribution in [2.75, 3.05) is 18.1 Å². The molecule has 1 aromatic rings. The lowest BCUT2D eigenvalue weighted by Crippen LogP contribution is -2.28. The minimum Gasteiger partial charge on any atom is -0.352 e. The summed E-state index contributed by atoms with van der Waals surface area (Å²) in [5, 5.41) is 2.75. The standard InChI is InChI=1S/C15H19NO3S/c1-12-2-4-13(5-3-12)6-7-15(17)16-10-14-8-9-20(18,19)11-14/h2-7,14H,8-11H2,1H3,(H,16,17)/b7-6+. The van der Waals surface area contributed by atoms with Gasteiger partial charge in [0.15, 0.2) is 9.84 Å². The van der Waals surface area contributed by atoms with E-state index in [0.717, 1.165) is 5.56 Å². The van der Waals surface area contributed by atoms with Crippen molar-refractivity contribution < 1.29 is 13.2 Å². The summed E-state index contributed by atoms with van der Waals surface area (Å²) < 4.78 is 22.6. The molecule has 1 fully saturated rings. The molecule has 1 amide bonds. The Morgan fingerprint density at radius 1 is 1.35 bits per heavy atom. The van der Waals surface area contributed by atoms with Crippen molar-refractivity contribution in [3.63, 3.8) is 0 Å². The summed E-state index contributed by atoms with van der Waals surface area (Å²) in [5.41, 5.74) is 2.14. The minimum atomic E-state index is -2.87. The van der Waals surface area contributed by atoms with Crippen LogP contribution in [-0.4, -0.2) is 32.4 Å². The van der Waals surface area contributed by atoms with Crippen LogP contribution in [-0.2, 0) is 14.6 Å². The second-order valence-electron chi connectivity index (χ2n) is 5.26. The molecule has 2 rings (SSSR count). The molecule has 0 aliphatic carbocycles. The molecular formula is C15H19NO3S. The molecule has 0 radical (unpaired) electrons. The number of nitrogens with one attached hydrogen (secondary N) is 1. The van der Waals surface area contributed by atoms with Crippen LogP contribution < -0.4 is 5.32 Å². The van der Waals surface area contributed by atoms with Crippen molar-refractivity contribution in [2.24, 2.45) is 5.92 Å². The Hall–Kier alpha value is -1.62. The summed E-state index contributed by atoms with van der Waals surface area (Å²) in [7, 11) is -2.87. The van der Waals surface area contributed by atoms with Gasteiger partial charge in [-0.2, -0.15) is 0 Å². The van der Waals surface area contributed by atoms with Gasteiger partial charge in [-0.3, -0.25) is 4.79 Å². The lowest BCUT2D eigenvalue weighted by molar-refractivity contribution is -0.116. The fourth-order valence-corrected chi connectivity index (χ4v) is 4.05. The molecule has 20 heavy (non-hydrogen) atoms. The van der Waals surface area contributed by atoms with E-state index in [9.17, 15) is 13.2 Å². The number of carbonyl (C=O) groups excluding carboxylic acids is 1. The Kier molecular flexibility index (Phi) is 4.60. The van der Waals surface area contributed by atoms with Crippen LogP contribution in [0.3, 0.4) is 0 Å². The summed E-state index contributed by atoms with van der Waals surface area (Å²) in [4.78, 5) is 11.7. The van der Waals surface area contributed by atoms with Crippen LogP contribution in [0.5, 0.6) is 0 Å². The number of hydrogen-bond donors (Lipinski definition) is 1. The zero-order valence-electron chi connectivity index (χ0n) is 11.5. The zero-order valence-corrected chi connectivity index (χ0v) is 12.3. The van der Waals surface area contributed by atoms with Gasteiger partial charge in [0, 0.05) is 12.6 Å². The van der Waals surface area contributed by atoms with Gasteiger partial charge in [-0.05, 0) is 30.9 Å². The van der Waals surface area contributed by atoms with Crippen molar-refractivity contribution in [1.29, 1.82) is 0 Å². The molecule has 108 valence electrons. The minimum absolute atomic E-state index is 0.0525. The highest BCUT2D eigenvalue weighted by Crippen LogP contribution is 2.17. The average molecular weight is 293 g/mol. The van der Waals surface area contributed by atoms with Gasteiger partial charge in [0.05, 0.1) is 11.5 Å². The van der Waals surface area contributed by atoms with Crippen molar-refractivity contribution in [3.8, 4) is 0 Å². The molecule has 1 aromatic carbocycles. The largest absolute Gasteiger partial charge is 0.352 e. The van der Waals surface area contributed by atoms with Crippen LogP contribution in [0.2, 0.25) is 0 Å². The molecule has 1 unspecified atom stereocenters. The Labute approximate surface area is 119 Å². The van der Waals surface area contributed by atoms with E-state index < -0.39 is 9.84 Å². The molecule has 0 saturated carbocycles. The van der Waals surface area contributed by atoms with Crippen LogP contribution >= 0.6 is 0 Å². The zero-order chi connectivity index (χ0) is 14.6. The summed E-state index contributed by atoms with van der Waals surface area (Å²) in [6.07, 6.45) is 3.87. The smallest absolute Gasteiger partial charge is 0.244 e. The summed E-state index contributed by atoms with van der Waals surface area (Å²) in [5.74, 6) is 0.299. The monoisotopic (exact) mass is 293 g/mol. The lowest BCUT2D eigenvalue weighted by atomic mass is 10.1. The fourth-order valence-electron chi connectivity index (χ4n) is 2.19. The Balaban J connectivity index is 1.79. The number of benzene rings is 1. The van der Waals surface area contributed by atoms with E-state index in [1.165, 1.54) is 11.6 Å². The van der Waals surface area contributed by atoms with Crippen LogP contribution in [0, 0.1) is 12.8 Å². The van der Waals surface area contributed by atoms with Gasteiger partial charge >= 0.3 is 0 Å². The third-order valence-electron chi connectivity index (χ3n) is 3.40. The molecule has 1 saturated heterocycles. The third kappa shape index (κ3) is 4.49. The second kappa shape index (κ2) is 6.22. The van der Waals surface area contributed by atoms with Gasteiger partial charge in [-0.1, -0.05) is 29.8 Å². The van der Waals surface area contributed by atoms with Crippen LogP contribution in [0.4, 0.5) is 0 Å². The number of rotatable bonds is 4. The number of carbonyl (C=O) groups is 1. The lowest BCUT2D eigenvalue weighted by Gasteiger charge is -2.07. The highest BCUT2D eigenvalue weighted by Gasteiger charge is 2.27. The first-order valence-electron chi connectivity index (χ1n) is 6.68. The van der Waals surface area contributed by atoms with Gasteiger partial charge in [0.1, 0.15) is 0 Å². The summed E-state index contributed by atoms with van der Waals surface area (Å²) in [6, 6.07) is 7.87. The Morgan fingerprint density at radius 2 is 2.05 bits per heavy atom. The van der Waals surface area contributed by atoms with Gasteiger partial charge in [0.2, 0.25) is 5.91 Å². The van der Waals surface area contributed by atoms with Gasteiger partial charge in [-0.15, -0.1) is 0 Å². The first-order valence-corrected chi connectivity index (χ1v) is 8.50. The highest BCUT2D eigenvalue weighted by molar-refractivity contribution is 7.91. The van der Waals surface area contributed by atoms with Crippen LogP contribution in [0.1, 0.15) is 17.5 Å². The Morgan fingerprint density at radius 3 is 2.65 bits per heavy atom. The highest BCUT2D eigenvalue weighted by atomic mass is 32.2. The third-order valence-corrected chi connectivity index (χ3v) is 5.23. The maximum absolute atomic E-state index is 11.7. The topological polar surface area (TPSA) is 63.2 Å². The van der Waals surface area contributed by atoms with E-state index in [-0.39, 0.29) is 23.3 Å². The molecule has 0 spiro atoms. The van der Waals surface area contributed by atoms with E-state index >= 15 is 0 Å². The molecule has 1 aliphatic heterocycles. The van der Waals surface area contributed by atoms with E-state index in [1.54, 1.807) is 6.08 Å². The molecule has 0 bridgehead atoms. The average Bonchev–Trinajstić information content (AvgIpc) is 2.75. The number of hydrogen-bond acceptors (Lipinski definition) is 3. The molecule has 1 N–H and O–H groups in total. The van der Waals surface area contributed by atoms with Crippen molar-refractivity contribution in [3.05, 3.63) is 41.5 Å². The van der Waals surface area contributed by atoms with E-state index in [0.29, 0.717) is 13.0 Å². The van der Waals surface area contributed by atoms with Crippen LogP contribution in [0.15, 0.2) is 30.3 Å². The molecule has 1 aliphatic rings. The van der Waals surface area contributed by atoms with Gasteiger partial charge in [-0.25, -0.2) is 8.42 Å². The number of sulfone groups is 1. The summed E-state index contributed by atoms with van der Waals surface area (Å²) >= 11 is 0. The molecule has 1 heterocycles. The van der Waals surface area contributed by atoms with Gasteiger partial charge < -0.3 is 5.32 Å². The van der Waals surface area contributed by atoms with Crippen molar-refractivity contribution in [2.45, 2.75) is 13.3 Å². The fraction of sp³-hybridized carbons (Fsp3) is 0.400. The predicted molar refractivity (Wildman–Crippen MR) is 80.0 cm³/mol. The first kappa shape index (κ1) is 14.8. The predicted octanol–water partition coefficient (Wildman–Crippen LogP) is 1.56. The number of aryl methyl sites for hydroxylation is 1. The van der Waals surface area contributed by atoms with Crippen molar-refractivity contribution in [1.82, 2.24) is 5.32 Å². The van der Waals surface area contributed by atoms with E-state index in [2.05, 4.69) is 5.32 Å². The summed E-state index contributed by atoms with van der Waals surface area (Å²) in [6.45, 7) is 2.44. The molecule has 0 aromatic heterocycles. The molecular weight excluding hydrogens is 274 g/mol. The molecule has 1 atom stereocenters. The van der Waals surface area contributed by atoms with E-state index in [1.807, 2.05) is 31.2 Å². The number of amides is 1. The normalized spacial score (nSPS) is 21.1. The van der Waals surface area contributed by atoms with Crippen molar-refractivity contribution >= 4 is 21.8 Å². The SMILES string of the molecule is Cc1ccc(/C=C/C(=O)NCC2CCS(=O)(=O)C2)cc1. The molecule has 4 nitrogen and oxygen atoms in total. The first-order chi connectivity index (χ1) is 9.44. The molecule has 5 heteroatoms. The van der Waals surface area contributed by atoms with Crippen LogP contribution in [0.25, 0.3) is 6.08 Å². The Bertz CT molecular complexity index is 603. The van der Waals surface area contributed by atoms with E-state index in [4.69, 9.17) is 0 Å². The maximum atomic E-state index is 11.7.